The molecular weight excluding hydrogens is 480 g/mol. The summed E-state index contributed by atoms with van der Waals surface area (Å²) >= 11 is 0. The fourth-order valence-corrected chi connectivity index (χ4v) is 5.10. The number of carbonyl (C=O) groups is 1. The van der Waals surface area contributed by atoms with Crippen molar-refractivity contribution in [3.8, 4) is 5.75 Å². The minimum atomic E-state index is -0.555. The van der Waals surface area contributed by atoms with Gasteiger partial charge in [-0.1, -0.05) is 12.1 Å². The van der Waals surface area contributed by atoms with E-state index in [0.29, 0.717) is 38.5 Å². The van der Waals surface area contributed by atoms with Gasteiger partial charge in [-0.05, 0) is 73.7 Å². The van der Waals surface area contributed by atoms with Crippen molar-refractivity contribution in [3.05, 3.63) is 69.9 Å². The molecule has 1 amide bonds. The van der Waals surface area contributed by atoms with Crippen LogP contribution in [0.15, 0.2) is 41.4 Å². The molecule has 6 rings (SSSR count). The van der Waals surface area contributed by atoms with Crippen LogP contribution in [0.25, 0.3) is 0 Å². The largest absolute Gasteiger partial charge is 0.497 e. The first kappa shape index (κ1) is 24.2. The molecule has 1 aromatic heterocycles. The molecule has 0 radical (unpaired) electrons. The van der Waals surface area contributed by atoms with E-state index in [-0.39, 0.29) is 6.09 Å². The van der Waals surface area contributed by atoms with Crippen LogP contribution in [0.5, 0.6) is 5.75 Å². The Kier molecular flexibility index (Phi) is 5.93. The summed E-state index contributed by atoms with van der Waals surface area (Å²) in [6, 6.07) is 12.4. The van der Waals surface area contributed by atoms with E-state index in [9.17, 15) is 4.79 Å². The summed E-state index contributed by atoms with van der Waals surface area (Å²) in [7, 11) is 1.68. The average molecular weight is 513 g/mol. The molecule has 9 nitrogen and oxygen atoms in total. The summed E-state index contributed by atoms with van der Waals surface area (Å²) in [4.78, 5) is 31.1. The van der Waals surface area contributed by atoms with Gasteiger partial charge in [0.25, 0.3) is 0 Å². The van der Waals surface area contributed by atoms with Gasteiger partial charge in [-0.3, -0.25) is 4.99 Å². The first-order valence-electron chi connectivity index (χ1n) is 12.9. The minimum absolute atomic E-state index is 0.323. The molecule has 9 heteroatoms. The summed E-state index contributed by atoms with van der Waals surface area (Å²) in [6.07, 6.45) is 2.23. The summed E-state index contributed by atoms with van der Waals surface area (Å²) in [5, 5.41) is 3.55. The average Bonchev–Trinajstić information content (AvgIpc) is 3.53. The first-order valence-corrected chi connectivity index (χ1v) is 12.9. The number of amides is 1. The standard InChI is InChI=1S/C29H32N6O3/c1-29(2,3)38-28(36)34-10-9-24-25(17-34)32-27(35-15-19-6-8-23(37-4)12-21(19)16-35)33-26(24)31-22-7-5-18-13-30-14-20(18)11-22/h5-8,11-12,14H,9-10,13,15-17H2,1-4H3,(H,31,32,33). The fraction of sp³-hybridized carbons (Fsp3) is 0.379. The second-order valence-corrected chi connectivity index (χ2v) is 10.9. The van der Waals surface area contributed by atoms with Gasteiger partial charge in [-0.2, -0.15) is 4.98 Å². The Hall–Kier alpha value is -4.14. The molecule has 0 saturated heterocycles. The maximum atomic E-state index is 12.9. The maximum absolute atomic E-state index is 12.9. The number of hydrogen-bond acceptors (Lipinski definition) is 8. The summed E-state index contributed by atoms with van der Waals surface area (Å²) in [5.74, 6) is 2.25. The highest BCUT2D eigenvalue weighted by molar-refractivity contribution is 5.86. The number of anilines is 3. The summed E-state index contributed by atoms with van der Waals surface area (Å²) < 4.78 is 11.1. The molecule has 0 fully saturated rings. The number of aliphatic imine (C=N–C) groups is 1. The van der Waals surface area contributed by atoms with Crippen molar-refractivity contribution >= 4 is 29.8 Å². The number of nitrogens with one attached hydrogen (secondary N) is 1. The van der Waals surface area contributed by atoms with Gasteiger partial charge in [0.05, 0.1) is 25.9 Å². The molecule has 3 aromatic rings. The fourth-order valence-electron chi connectivity index (χ4n) is 5.10. The van der Waals surface area contributed by atoms with Crippen molar-refractivity contribution in [2.24, 2.45) is 4.99 Å². The van der Waals surface area contributed by atoms with E-state index in [1.54, 1.807) is 12.0 Å². The topological polar surface area (TPSA) is 92.2 Å². The van der Waals surface area contributed by atoms with E-state index < -0.39 is 5.60 Å². The number of ether oxygens (including phenoxy) is 2. The molecule has 1 N–H and O–H groups in total. The van der Waals surface area contributed by atoms with Gasteiger partial charge >= 0.3 is 6.09 Å². The summed E-state index contributed by atoms with van der Waals surface area (Å²) in [5.41, 5.74) is 7.04. The van der Waals surface area contributed by atoms with Gasteiger partial charge in [-0.15, -0.1) is 0 Å². The predicted octanol–water partition coefficient (Wildman–Crippen LogP) is 4.97. The van der Waals surface area contributed by atoms with Crippen LogP contribution >= 0.6 is 0 Å². The molecule has 196 valence electrons. The van der Waals surface area contributed by atoms with Crippen LogP contribution in [0, 0.1) is 0 Å². The number of carbonyl (C=O) groups excluding carboxylic acids is 1. The molecule has 0 spiro atoms. The number of aromatic nitrogens is 2. The van der Waals surface area contributed by atoms with Gasteiger partial charge in [0.15, 0.2) is 0 Å². The SMILES string of the molecule is COc1ccc2c(c1)CN(c1nc3c(c(Nc4ccc5c(c4)C=NC5)n1)CCN(C(=O)OC(C)(C)C)C3)C2. The molecule has 0 saturated carbocycles. The van der Waals surface area contributed by atoms with E-state index in [1.165, 1.54) is 16.7 Å². The zero-order valence-corrected chi connectivity index (χ0v) is 22.2. The Balaban J connectivity index is 1.33. The van der Waals surface area contributed by atoms with Crippen LogP contribution in [-0.2, 0) is 37.3 Å². The highest BCUT2D eigenvalue weighted by Gasteiger charge is 2.30. The number of hydrogen-bond donors (Lipinski definition) is 1. The predicted molar refractivity (Wildman–Crippen MR) is 146 cm³/mol. The van der Waals surface area contributed by atoms with E-state index in [2.05, 4.69) is 45.5 Å². The molecule has 4 heterocycles. The lowest BCUT2D eigenvalue weighted by molar-refractivity contribution is 0.0221. The number of benzene rings is 2. The number of fused-ring (bicyclic) bond motifs is 3. The van der Waals surface area contributed by atoms with E-state index in [1.807, 2.05) is 33.1 Å². The van der Waals surface area contributed by atoms with Gasteiger partial charge < -0.3 is 24.6 Å². The smallest absolute Gasteiger partial charge is 0.410 e. The van der Waals surface area contributed by atoms with E-state index >= 15 is 0 Å². The highest BCUT2D eigenvalue weighted by Crippen LogP contribution is 2.34. The van der Waals surface area contributed by atoms with E-state index in [0.717, 1.165) is 40.6 Å². The zero-order chi connectivity index (χ0) is 26.4. The van der Waals surface area contributed by atoms with Crippen molar-refractivity contribution < 1.29 is 14.3 Å². The Morgan fingerprint density at radius 2 is 1.82 bits per heavy atom. The van der Waals surface area contributed by atoms with Gasteiger partial charge in [0.2, 0.25) is 5.95 Å². The maximum Gasteiger partial charge on any atom is 0.410 e. The second-order valence-electron chi connectivity index (χ2n) is 10.9. The van der Waals surface area contributed by atoms with Crippen LogP contribution in [0.4, 0.5) is 22.2 Å². The van der Waals surface area contributed by atoms with Crippen LogP contribution in [0.1, 0.15) is 54.3 Å². The lowest BCUT2D eigenvalue weighted by Gasteiger charge is -2.32. The molecule has 0 atom stereocenters. The van der Waals surface area contributed by atoms with Gasteiger partial charge in [0, 0.05) is 37.1 Å². The molecule has 0 unspecified atom stereocenters. The Morgan fingerprint density at radius 1 is 1.00 bits per heavy atom. The van der Waals surface area contributed by atoms with Crippen molar-refractivity contribution in [2.75, 3.05) is 23.9 Å². The lowest BCUT2D eigenvalue weighted by atomic mass is 10.0. The second kappa shape index (κ2) is 9.31. The third-order valence-corrected chi connectivity index (χ3v) is 7.02. The molecule has 38 heavy (non-hydrogen) atoms. The van der Waals surface area contributed by atoms with Crippen LogP contribution in [0.2, 0.25) is 0 Å². The number of rotatable bonds is 4. The molecule has 3 aliphatic rings. The molecule has 2 aromatic carbocycles. The minimum Gasteiger partial charge on any atom is -0.497 e. The number of methoxy groups -OCH3 is 1. The lowest BCUT2D eigenvalue weighted by Crippen LogP contribution is -2.40. The normalized spacial score (nSPS) is 15.7. The quantitative estimate of drug-likeness (QED) is 0.527. The molecular formula is C29H32N6O3. The van der Waals surface area contributed by atoms with Gasteiger partial charge in [-0.25, -0.2) is 9.78 Å². The Morgan fingerprint density at radius 3 is 2.63 bits per heavy atom. The van der Waals surface area contributed by atoms with Gasteiger partial charge in [0.1, 0.15) is 17.2 Å². The summed E-state index contributed by atoms with van der Waals surface area (Å²) in [6.45, 7) is 8.69. The van der Waals surface area contributed by atoms with Crippen LogP contribution < -0.4 is 15.0 Å². The van der Waals surface area contributed by atoms with E-state index in [4.69, 9.17) is 19.4 Å². The van der Waals surface area contributed by atoms with Crippen LogP contribution in [0.3, 0.4) is 0 Å². The molecule has 0 bridgehead atoms. The highest BCUT2D eigenvalue weighted by atomic mass is 16.6. The number of nitrogens with zero attached hydrogens (tertiary/aromatic N) is 5. The van der Waals surface area contributed by atoms with Crippen molar-refractivity contribution in [1.29, 1.82) is 0 Å². The third-order valence-electron chi connectivity index (χ3n) is 7.02. The monoisotopic (exact) mass is 512 g/mol. The van der Waals surface area contributed by atoms with Crippen molar-refractivity contribution in [2.45, 2.75) is 59.0 Å². The third kappa shape index (κ3) is 4.76. The molecule has 3 aliphatic heterocycles. The Bertz CT molecular complexity index is 1440. The Labute approximate surface area is 222 Å². The first-order chi connectivity index (χ1) is 18.3. The molecule has 0 aliphatic carbocycles. The zero-order valence-electron chi connectivity index (χ0n) is 22.2. The van der Waals surface area contributed by atoms with Crippen molar-refractivity contribution in [1.82, 2.24) is 14.9 Å². The van der Waals surface area contributed by atoms with Crippen LogP contribution in [-0.4, -0.2) is 46.4 Å². The van der Waals surface area contributed by atoms with Crippen molar-refractivity contribution in [3.63, 3.8) is 0 Å².